The van der Waals surface area contributed by atoms with Gasteiger partial charge >= 0.3 is 0 Å². The highest BCUT2D eigenvalue weighted by atomic mass is 32.2. The van der Waals surface area contributed by atoms with Crippen LogP contribution in [0.5, 0.6) is 0 Å². The van der Waals surface area contributed by atoms with Crippen LogP contribution in [0.3, 0.4) is 0 Å². The van der Waals surface area contributed by atoms with Gasteiger partial charge in [0.15, 0.2) is 0 Å². The molecular formula is C15H24N2S. The average Bonchev–Trinajstić information content (AvgIpc) is 2.66. The lowest BCUT2D eigenvalue weighted by molar-refractivity contribution is 0.285. The number of rotatable bonds is 5. The first-order valence-electron chi connectivity index (χ1n) is 6.98. The molecule has 1 unspecified atom stereocenters. The van der Waals surface area contributed by atoms with E-state index < -0.39 is 0 Å². The zero-order chi connectivity index (χ0) is 12.6. The Balaban J connectivity index is 1.91. The summed E-state index contributed by atoms with van der Waals surface area (Å²) in [4.78, 5) is 2.61. The molecule has 1 aliphatic rings. The monoisotopic (exact) mass is 264 g/mol. The summed E-state index contributed by atoms with van der Waals surface area (Å²) in [5, 5.41) is 3.67. The molecule has 100 valence electrons. The molecule has 1 aromatic carbocycles. The molecule has 1 fully saturated rings. The summed E-state index contributed by atoms with van der Waals surface area (Å²) in [5.41, 5.74) is 1.42. The van der Waals surface area contributed by atoms with Crippen molar-refractivity contribution in [1.82, 2.24) is 10.2 Å². The summed E-state index contributed by atoms with van der Waals surface area (Å²) < 4.78 is 0. The smallest absolute Gasteiger partial charge is 0.0449 e. The van der Waals surface area contributed by atoms with E-state index in [-0.39, 0.29) is 0 Å². The summed E-state index contributed by atoms with van der Waals surface area (Å²) in [6.45, 7) is 6.98. The van der Waals surface area contributed by atoms with Crippen molar-refractivity contribution in [3.05, 3.63) is 35.9 Å². The van der Waals surface area contributed by atoms with E-state index in [0.29, 0.717) is 6.04 Å². The molecule has 1 atom stereocenters. The van der Waals surface area contributed by atoms with Crippen molar-refractivity contribution in [2.75, 3.05) is 37.7 Å². The van der Waals surface area contributed by atoms with Gasteiger partial charge in [0.2, 0.25) is 0 Å². The fraction of sp³-hybridized carbons (Fsp3) is 0.600. The molecule has 18 heavy (non-hydrogen) atoms. The van der Waals surface area contributed by atoms with Crippen LogP contribution in [0, 0.1) is 0 Å². The first-order valence-corrected chi connectivity index (χ1v) is 8.14. The summed E-state index contributed by atoms with van der Waals surface area (Å²) in [7, 11) is 0. The van der Waals surface area contributed by atoms with Crippen LogP contribution in [0.15, 0.2) is 30.3 Å². The minimum Gasteiger partial charge on any atom is -0.309 e. The molecule has 0 saturated carbocycles. The van der Waals surface area contributed by atoms with Gasteiger partial charge in [-0.25, -0.2) is 0 Å². The second kappa shape index (κ2) is 7.82. The van der Waals surface area contributed by atoms with Gasteiger partial charge in [-0.05, 0) is 30.8 Å². The molecule has 0 aromatic heterocycles. The zero-order valence-electron chi connectivity index (χ0n) is 11.3. The van der Waals surface area contributed by atoms with Gasteiger partial charge in [0.05, 0.1) is 0 Å². The molecule has 3 heteroatoms. The fourth-order valence-corrected chi connectivity index (χ4v) is 3.12. The zero-order valence-corrected chi connectivity index (χ0v) is 12.1. The number of benzene rings is 1. The Kier molecular flexibility index (Phi) is 6.05. The third kappa shape index (κ3) is 4.30. The van der Waals surface area contributed by atoms with Crippen molar-refractivity contribution < 1.29 is 0 Å². The molecule has 0 aliphatic carbocycles. The lowest BCUT2D eigenvalue weighted by atomic mass is 10.1. The van der Waals surface area contributed by atoms with Crippen LogP contribution in [0.25, 0.3) is 0 Å². The van der Waals surface area contributed by atoms with Crippen molar-refractivity contribution in [3.63, 3.8) is 0 Å². The van der Waals surface area contributed by atoms with Gasteiger partial charge in [-0.2, -0.15) is 11.8 Å². The quantitative estimate of drug-likeness (QED) is 0.823. The molecule has 1 aromatic rings. The second-order valence-electron chi connectivity index (χ2n) is 4.77. The third-order valence-corrected chi connectivity index (χ3v) is 4.32. The van der Waals surface area contributed by atoms with Gasteiger partial charge in [-0.3, -0.25) is 0 Å². The van der Waals surface area contributed by atoms with Crippen molar-refractivity contribution >= 4 is 11.8 Å². The largest absolute Gasteiger partial charge is 0.309 e. The van der Waals surface area contributed by atoms with Gasteiger partial charge in [-0.1, -0.05) is 37.3 Å². The molecule has 2 nitrogen and oxygen atoms in total. The SMILES string of the molecule is CCSCCN1CCCNC(c2ccccc2)C1. The van der Waals surface area contributed by atoms with Gasteiger partial charge < -0.3 is 10.2 Å². The van der Waals surface area contributed by atoms with Gasteiger partial charge in [0, 0.05) is 24.9 Å². The van der Waals surface area contributed by atoms with Crippen LogP contribution in [-0.4, -0.2) is 42.6 Å². The predicted octanol–water partition coefficient (Wildman–Crippen LogP) is 2.78. The van der Waals surface area contributed by atoms with E-state index in [2.05, 4.69) is 47.5 Å². The molecule has 1 N–H and O–H groups in total. The molecule has 1 saturated heterocycles. The number of hydrogen-bond acceptors (Lipinski definition) is 3. The molecule has 0 amide bonds. The van der Waals surface area contributed by atoms with E-state index in [1.807, 2.05) is 11.8 Å². The van der Waals surface area contributed by atoms with Crippen molar-refractivity contribution in [1.29, 1.82) is 0 Å². The van der Waals surface area contributed by atoms with Crippen LogP contribution < -0.4 is 5.32 Å². The summed E-state index contributed by atoms with van der Waals surface area (Å²) >= 11 is 2.04. The summed E-state index contributed by atoms with van der Waals surface area (Å²) in [6.07, 6.45) is 1.26. The van der Waals surface area contributed by atoms with Crippen molar-refractivity contribution in [3.8, 4) is 0 Å². The standard InChI is InChI=1S/C15H24N2S/c1-2-18-12-11-17-10-6-9-16-15(13-17)14-7-4-3-5-8-14/h3-5,7-8,15-16H,2,6,9-13H2,1H3. The Hall–Kier alpha value is -0.510. The van der Waals surface area contributed by atoms with E-state index in [1.54, 1.807) is 0 Å². The summed E-state index contributed by atoms with van der Waals surface area (Å²) in [6, 6.07) is 11.3. The first-order chi connectivity index (χ1) is 8.90. The van der Waals surface area contributed by atoms with Crippen molar-refractivity contribution in [2.24, 2.45) is 0 Å². The van der Waals surface area contributed by atoms with E-state index in [0.717, 1.165) is 13.1 Å². The highest BCUT2D eigenvalue weighted by Crippen LogP contribution is 2.17. The lowest BCUT2D eigenvalue weighted by Crippen LogP contribution is -2.32. The number of nitrogens with one attached hydrogen (secondary N) is 1. The Morgan fingerprint density at radius 1 is 1.33 bits per heavy atom. The third-order valence-electron chi connectivity index (χ3n) is 3.44. The minimum atomic E-state index is 0.500. The number of hydrogen-bond donors (Lipinski definition) is 1. The molecule has 1 heterocycles. The van der Waals surface area contributed by atoms with E-state index >= 15 is 0 Å². The highest BCUT2D eigenvalue weighted by Gasteiger charge is 2.18. The number of thioether (sulfide) groups is 1. The van der Waals surface area contributed by atoms with Crippen LogP contribution in [0.1, 0.15) is 24.9 Å². The average molecular weight is 264 g/mol. The molecule has 1 aliphatic heterocycles. The molecular weight excluding hydrogens is 240 g/mol. The van der Waals surface area contributed by atoms with Gasteiger partial charge in [-0.15, -0.1) is 0 Å². The maximum Gasteiger partial charge on any atom is 0.0449 e. The summed E-state index contributed by atoms with van der Waals surface area (Å²) in [5.74, 6) is 2.49. The Labute approximate surface area is 115 Å². The topological polar surface area (TPSA) is 15.3 Å². The second-order valence-corrected chi connectivity index (χ2v) is 6.16. The van der Waals surface area contributed by atoms with Crippen LogP contribution in [-0.2, 0) is 0 Å². The Bertz CT molecular complexity index is 329. The van der Waals surface area contributed by atoms with E-state index in [9.17, 15) is 0 Å². The molecule has 0 spiro atoms. The van der Waals surface area contributed by atoms with Crippen LogP contribution >= 0.6 is 11.8 Å². The minimum absolute atomic E-state index is 0.500. The van der Waals surface area contributed by atoms with Crippen LogP contribution in [0.4, 0.5) is 0 Å². The fourth-order valence-electron chi connectivity index (χ4n) is 2.44. The van der Waals surface area contributed by atoms with Gasteiger partial charge in [0.1, 0.15) is 0 Å². The van der Waals surface area contributed by atoms with E-state index in [1.165, 1.54) is 36.6 Å². The maximum atomic E-state index is 3.67. The maximum absolute atomic E-state index is 3.67. The Morgan fingerprint density at radius 3 is 2.94 bits per heavy atom. The number of nitrogens with zero attached hydrogens (tertiary/aromatic N) is 1. The molecule has 0 bridgehead atoms. The predicted molar refractivity (Wildman–Crippen MR) is 81.2 cm³/mol. The first kappa shape index (κ1) is 13.9. The van der Waals surface area contributed by atoms with Gasteiger partial charge in [0.25, 0.3) is 0 Å². The molecule has 0 radical (unpaired) electrons. The van der Waals surface area contributed by atoms with E-state index in [4.69, 9.17) is 0 Å². The lowest BCUT2D eigenvalue weighted by Gasteiger charge is -2.24. The van der Waals surface area contributed by atoms with Crippen LogP contribution in [0.2, 0.25) is 0 Å². The normalized spacial score (nSPS) is 21.7. The van der Waals surface area contributed by atoms with Crippen molar-refractivity contribution in [2.45, 2.75) is 19.4 Å². The molecule has 2 rings (SSSR count). The highest BCUT2D eigenvalue weighted by molar-refractivity contribution is 7.99. The Morgan fingerprint density at radius 2 is 2.17 bits per heavy atom.